The maximum atomic E-state index is 13.5. The van der Waals surface area contributed by atoms with Crippen LogP contribution in [0.15, 0.2) is 18.2 Å². The first kappa shape index (κ1) is 14.9. The Morgan fingerprint density at radius 2 is 2.11 bits per heavy atom. The maximum Gasteiger partial charge on any atom is 0.165 e. The molecule has 0 radical (unpaired) electrons. The smallest absolute Gasteiger partial charge is 0.165 e. The van der Waals surface area contributed by atoms with E-state index in [0.29, 0.717) is 13.0 Å². The van der Waals surface area contributed by atoms with Crippen LogP contribution in [0, 0.1) is 5.82 Å². The monoisotopic (exact) mass is 257 g/mol. The molecule has 0 aliphatic rings. The average Bonchev–Trinajstić information content (AvgIpc) is 2.36. The van der Waals surface area contributed by atoms with Gasteiger partial charge in [0.25, 0.3) is 0 Å². The van der Waals surface area contributed by atoms with Crippen molar-refractivity contribution in [2.24, 2.45) is 0 Å². The van der Waals surface area contributed by atoms with Crippen LogP contribution in [0.3, 0.4) is 0 Å². The summed E-state index contributed by atoms with van der Waals surface area (Å²) in [6.45, 7) is 0.494. The van der Waals surface area contributed by atoms with Gasteiger partial charge in [-0.3, -0.25) is 4.90 Å². The summed E-state index contributed by atoms with van der Waals surface area (Å²) in [5, 5.41) is 18.1. The molecule has 102 valence electrons. The highest BCUT2D eigenvalue weighted by molar-refractivity contribution is 5.29. The zero-order valence-corrected chi connectivity index (χ0v) is 10.8. The molecule has 0 bridgehead atoms. The number of likely N-dealkylation sites (N-methyl/N-ethyl adjacent to an activating group) is 1. The molecular formula is C13H20FNO3. The van der Waals surface area contributed by atoms with Gasteiger partial charge < -0.3 is 14.9 Å². The predicted octanol–water partition coefficient (Wildman–Crippen LogP) is 1.01. The molecule has 4 nitrogen and oxygen atoms in total. The molecule has 1 unspecified atom stereocenters. The Morgan fingerprint density at radius 1 is 1.39 bits per heavy atom. The van der Waals surface area contributed by atoms with E-state index in [-0.39, 0.29) is 25.0 Å². The molecule has 18 heavy (non-hydrogen) atoms. The minimum absolute atomic E-state index is 0.0204. The van der Waals surface area contributed by atoms with Gasteiger partial charge in [0.05, 0.1) is 13.7 Å². The highest BCUT2D eigenvalue weighted by Crippen LogP contribution is 2.19. The van der Waals surface area contributed by atoms with Crippen LogP contribution in [0.4, 0.5) is 4.39 Å². The van der Waals surface area contributed by atoms with Gasteiger partial charge in [-0.15, -0.1) is 0 Å². The van der Waals surface area contributed by atoms with E-state index < -0.39 is 5.82 Å². The van der Waals surface area contributed by atoms with Crippen LogP contribution in [-0.4, -0.2) is 48.5 Å². The minimum Gasteiger partial charge on any atom is -0.494 e. The number of aliphatic hydroxyl groups is 2. The molecule has 0 fully saturated rings. The van der Waals surface area contributed by atoms with E-state index in [1.165, 1.54) is 13.2 Å². The summed E-state index contributed by atoms with van der Waals surface area (Å²) in [7, 11) is 3.26. The Morgan fingerprint density at radius 3 is 2.61 bits per heavy atom. The Hall–Kier alpha value is -1.17. The lowest BCUT2D eigenvalue weighted by Gasteiger charge is -2.26. The van der Waals surface area contributed by atoms with Crippen molar-refractivity contribution in [3.05, 3.63) is 29.6 Å². The zero-order valence-electron chi connectivity index (χ0n) is 10.8. The summed E-state index contributed by atoms with van der Waals surface area (Å²) in [4.78, 5) is 1.89. The molecular weight excluding hydrogens is 237 g/mol. The number of nitrogens with zero attached hydrogens (tertiary/aromatic N) is 1. The number of methoxy groups -OCH3 is 1. The molecule has 0 amide bonds. The van der Waals surface area contributed by atoms with Crippen LogP contribution in [0.1, 0.15) is 12.0 Å². The summed E-state index contributed by atoms with van der Waals surface area (Å²) >= 11 is 0. The summed E-state index contributed by atoms with van der Waals surface area (Å²) in [6, 6.07) is 4.66. The third-order valence-corrected chi connectivity index (χ3v) is 2.94. The van der Waals surface area contributed by atoms with Crippen LogP contribution in [-0.2, 0) is 6.54 Å². The molecule has 1 rings (SSSR count). The number of hydrogen-bond donors (Lipinski definition) is 2. The molecule has 0 heterocycles. The molecule has 1 atom stereocenters. The van der Waals surface area contributed by atoms with Gasteiger partial charge in [0.1, 0.15) is 0 Å². The van der Waals surface area contributed by atoms with E-state index in [2.05, 4.69) is 0 Å². The molecule has 1 aromatic carbocycles. The van der Waals surface area contributed by atoms with Gasteiger partial charge in [-0.2, -0.15) is 0 Å². The molecule has 0 aliphatic carbocycles. The lowest BCUT2D eigenvalue weighted by atomic mass is 10.1. The number of ether oxygens (including phenoxy) is 1. The van der Waals surface area contributed by atoms with Crippen molar-refractivity contribution in [3.8, 4) is 5.75 Å². The summed E-state index contributed by atoms with van der Waals surface area (Å²) in [5.74, 6) is -0.179. The Labute approximate surface area is 107 Å². The van der Waals surface area contributed by atoms with Crippen molar-refractivity contribution in [1.29, 1.82) is 0 Å². The van der Waals surface area contributed by atoms with E-state index >= 15 is 0 Å². The lowest BCUT2D eigenvalue weighted by Crippen LogP contribution is -2.35. The van der Waals surface area contributed by atoms with Gasteiger partial charge in [-0.25, -0.2) is 4.39 Å². The van der Waals surface area contributed by atoms with Gasteiger partial charge in [0, 0.05) is 19.2 Å². The SMILES string of the molecule is COc1ccc(CN(C)C(CO)CCO)cc1F. The molecule has 1 aromatic rings. The third-order valence-electron chi connectivity index (χ3n) is 2.94. The quantitative estimate of drug-likeness (QED) is 0.765. The van der Waals surface area contributed by atoms with Crippen LogP contribution < -0.4 is 4.74 Å². The summed E-state index contributed by atoms with van der Waals surface area (Å²) in [6.07, 6.45) is 0.492. The van der Waals surface area contributed by atoms with E-state index in [4.69, 9.17) is 9.84 Å². The van der Waals surface area contributed by atoms with Crippen molar-refractivity contribution in [2.75, 3.05) is 27.4 Å². The molecule has 0 saturated heterocycles. The van der Waals surface area contributed by atoms with Gasteiger partial charge in [-0.05, 0) is 31.2 Å². The molecule has 0 saturated carbocycles. The highest BCUT2D eigenvalue weighted by atomic mass is 19.1. The Balaban J connectivity index is 2.68. The standard InChI is InChI=1S/C13H20FNO3/c1-15(11(9-17)5-6-16)8-10-3-4-13(18-2)12(14)7-10/h3-4,7,11,16-17H,5-6,8-9H2,1-2H3. The lowest BCUT2D eigenvalue weighted by molar-refractivity contribution is 0.115. The fraction of sp³-hybridized carbons (Fsp3) is 0.538. The van der Waals surface area contributed by atoms with Crippen molar-refractivity contribution in [2.45, 2.75) is 19.0 Å². The van der Waals surface area contributed by atoms with E-state index in [0.717, 1.165) is 5.56 Å². The first-order valence-corrected chi connectivity index (χ1v) is 5.86. The second kappa shape index (κ2) is 7.31. The molecule has 0 aromatic heterocycles. The topological polar surface area (TPSA) is 52.9 Å². The Bertz CT molecular complexity index is 373. The van der Waals surface area contributed by atoms with Crippen LogP contribution in [0.5, 0.6) is 5.75 Å². The van der Waals surface area contributed by atoms with Gasteiger partial charge in [0.2, 0.25) is 0 Å². The zero-order chi connectivity index (χ0) is 13.5. The van der Waals surface area contributed by atoms with Crippen molar-refractivity contribution < 1.29 is 19.3 Å². The van der Waals surface area contributed by atoms with Crippen LogP contribution >= 0.6 is 0 Å². The molecule has 0 spiro atoms. The number of aliphatic hydroxyl groups excluding tert-OH is 2. The average molecular weight is 257 g/mol. The molecule has 5 heteroatoms. The van der Waals surface area contributed by atoms with Gasteiger partial charge >= 0.3 is 0 Å². The minimum atomic E-state index is -0.397. The highest BCUT2D eigenvalue weighted by Gasteiger charge is 2.14. The summed E-state index contributed by atoms with van der Waals surface area (Å²) < 4.78 is 18.3. The van der Waals surface area contributed by atoms with E-state index in [9.17, 15) is 9.50 Å². The summed E-state index contributed by atoms with van der Waals surface area (Å²) in [5.41, 5.74) is 0.798. The molecule has 2 N–H and O–H groups in total. The second-order valence-electron chi connectivity index (χ2n) is 4.23. The van der Waals surface area contributed by atoms with Crippen molar-refractivity contribution in [1.82, 2.24) is 4.90 Å². The third kappa shape index (κ3) is 3.94. The van der Waals surface area contributed by atoms with Crippen molar-refractivity contribution >= 4 is 0 Å². The normalized spacial score (nSPS) is 12.8. The van der Waals surface area contributed by atoms with Crippen LogP contribution in [0.2, 0.25) is 0 Å². The van der Waals surface area contributed by atoms with E-state index in [1.807, 2.05) is 11.9 Å². The maximum absolute atomic E-state index is 13.5. The number of rotatable bonds is 7. The Kier molecular flexibility index (Phi) is 6.04. The van der Waals surface area contributed by atoms with E-state index in [1.54, 1.807) is 12.1 Å². The first-order chi connectivity index (χ1) is 8.62. The fourth-order valence-corrected chi connectivity index (χ4v) is 1.83. The van der Waals surface area contributed by atoms with Gasteiger partial charge in [-0.1, -0.05) is 6.07 Å². The predicted molar refractivity (Wildman–Crippen MR) is 67.0 cm³/mol. The largest absolute Gasteiger partial charge is 0.494 e. The van der Waals surface area contributed by atoms with Crippen LogP contribution in [0.25, 0.3) is 0 Å². The number of hydrogen-bond acceptors (Lipinski definition) is 4. The van der Waals surface area contributed by atoms with Gasteiger partial charge in [0.15, 0.2) is 11.6 Å². The number of benzene rings is 1. The van der Waals surface area contributed by atoms with Crippen molar-refractivity contribution in [3.63, 3.8) is 0 Å². The molecule has 0 aliphatic heterocycles. The second-order valence-corrected chi connectivity index (χ2v) is 4.23. The fourth-order valence-electron chi connectivity index (χ4n) is 1.83. The first-order valence-electron chi connectivity index (χ1n) is 5.86. The number of halogens is 1.